The average Bonchev–Trinajstić information content (AvgIpc) is 3.75. The molecule has 38 heavy (non-hydrogen) atoms. The number of pyridine rings is 1. The summed E-state index contributed by atoms with van der Waals surface area (Å²) in [5.74, 6) is -0.585. The first-order chi connectivity index (χ1) is 18.2. The minimum Gasteiger partial charge on any atom is -0.384 e. The second-order valence-electron chi connectivity index (χ2n) is 10.6. The highest BCUT2D eigenvalue weighted by Gasteiger charge is 2.40. The second-order valence-corrected chi connectivity index (χ2v) is 11.4. The molecular formula is C30H33BrFN3O3. The summed E-state index contributed by atoms with van der Waals surface area (Å²) in [6.07, 6.45) is 3.51. The van der Waals surface area contributed by atoms with Gasteiger partial charge in [0.1, 0.15) is 11.9 Å². The largest absolute Gasteiger partial charge is 0.384 e. The predicted octanol–water partition coefficient (Wildman–Crippen LogP) is 4.56. The Labute approximate surface area is 230 Å². The quantitative estimate of drug-likeness (QED) is 0.429. The minimum atomic E-state index is -0.986. The Kier molecular flexibility index (Phi) is 7.84. The first-order valence-electron chi connectivity index (χ1n) is 13.1. The fraction of sp³-hybridized carbons (Fsp3) is 0.400. The summed E-state index contributed by atoms with van der Waals surface area (Å²) in [6, 6.07) is 13.7. The third kappa shape index (κ3) is 5.63. The van der Waals surface area contributed by atoms with Gasteiger partial charge in [0.25, 0.3) is 5.56 Å². The Morgan fingerprint density at radius 2 is 2.00 bits per heavy atom. The summed E-state index contributed by atoms with van der Waals surface area (Å²) in [5.41, 5.74) is 3.79. The van der Waals surface area contributed by atoms with E-state index in [-0.39, 0.29) is 29.3 Å². The molecule has 0 bridgehead atoms. The molecule has 1 aliphatic heterocycles. The van der Waals surface area contributed by atoms with Crippen LogP contribution in [0.5, 0.6) is 0 Å². The fourth-order valence-electron chi connectivity index (χ4n) is 5.48. The molecule has 5 rings (SSSR count). The molecule has 1 saturated carbocycles. The van der Waals surface area contributed by atoms with Crippen LogP contribution >= 0.6 is 15.9 Å². The number of halogens is 2. The molecule has 2 N–H and O–H groups in total. The molecule has 2 fully saturated rings. The van der Waals surface area contributed by atoms with Crippen LogP contribution in [-0.4, -0.2) is 39.6 Å². The van der Waals surface area contributed by atoms with Crippen LogP contribution < -0.4 is 10.9 Å². The summed E-state index contributed by atoms with van der Waals surface area (Å²) in [5, 5.41) is 14.5. The number of aliphatic hydroxyl groups excluding tert-OH is 1. The Balaban J connectivity index is 1.43. The lowest BCUT2D eigenvalue weighted by molar-refractivity contribution is -0.138. The molecular weight excluding hydrogens is 549 g/mol. The summed E-state index contributed by atoms with van der Waals surface area (Å²) < 4.78 is 16.2. The van der Waals surface area contributed by atoms with Crippen LogP contribution in [-0.2, 0) is 18.4 Å². The first-order valence-corrected chi connectivity index (χ1v) is 13.9. The molecule has 2 heterocycles. The molecule has 1 aromatic heterocycles. The molecule has 8 heteroatoms. The standard InChI is InChI=1S/C30H33BrFN3O3/c1-18-25(29(37)21-4-3-5-22(32)14-21)12-19(13-27(18)31)17-35(23-6-7-23)30(38)26-16-33-10-8-24(26)20-9-11-34(2)28(36)15-20/h3-5,9,11-15,23-24,26,29,33,37H,6-8,10,16-17H2,1-2H3. The number of carbonyl (C=O) groups is 1. The van der Waals surface area contributed by atoms with Gasteiger partial charge in [-0.1, -0.05) is 34.1 Å². The molecule has 200 valence electrons. The normalized spacial score (nSPS) is 20.2. The van der Waals surface area contributed by atoms with Gasteiger partial charge in [-0.15, -0.1) is 0 Å². The van der Waals surface area contributed by atoms with Crippen molar-refractivity contribution in [1.82, 2.24) is 14.8 Å². The fourth-order valence-corrected chi connectivity index (χ4v) is 6.01. The molecule has 2 aliphatic rings. The summed E-state index contributed by atoms with van der Waals surface area (Å²) in [4.78, 5) is 28.3. The van der Waals surface area contributed by atoms with Crippen molar-refractivity contribution < 1.29 is 14.3 Å². The van der Waals surface area contributed by atoms with Gasteiger partial charge in [-0.05, 0) is 90.7 Å². The van der Waals surface area contributed by atoms with Crippen molar-refractivity contribution in [2.24, 2.45) is 13.0 Å². The van der Waals surface area contributed by atoms with Crippen molar-refractivity contribution in [2.45, 2.75) is 50.8 Å². The molecule has 0 radical (unpaired) electrons. The van der Waals surface area contributed by atoms with Gasteiger partial charge >= 0.3 is 0 Å². The third-order valence-electron chi connectivity index (χ3n) is 7.88. The number of nitrogens with zero attached hydrogens (tertiary/aromatic N) is 2. The predicted molar refractivity (Wildman–Crippen MR) is 148 cm³/mol. The Bertz CT molecular complexity index is 1400. The van der Waals surface area contributed by atoms with Gasteiger partial charge in [-0.3, -0.25) is 9.59 Å². The van der Waals surface area contributed by atoms with E-state index in [4.69, 9.17) is 0 Å². The van der Waals surface area contributed by atoms with Crippen LogP contribution in [0, 0.1) is 18.7 Å². The zero-order valence-corrected chi connectivity index (χ0v) is 23.2. The molecule has 1 aliphatic carbocycles. The van der Waals surface area contributed by atoms with Gasteiger partial charge < -0.3 is 19.9 Å². The topological polar surface area (TPSA) is 74.6 Å². The number of hydrogen-bond donors (Lipinski definition) is 2. The number of carbonyl (C=O) groups excluding carboxylic acids is 1. The number of rotatable bonds is 7. The molecule has 3 atom stereocenters. The Morgan fingerprint density at radius 1 is 1.21 bits per heavy atom. The lowest BCUT2D eigenvalue weighted by Gasteiger charge is -2.36. The Morgan fingerprint density at radius 3 is 2.71 bits per heavy atom. The van der Waals surface area contributed by atoms with E-state index in [2.05, 4.69) is 21.2 Å². The smallest absolute Gasteiger partial charge is 0.250 e. The van der Waals surface area contributed by atoms with E-state index in [1.165, 1.54) is 12.1 Å². The molecule has 1 amide bonds. The maximum absolute atomic E-state index is 14.0. The summed E-state index contributed by atoms with van der Waals surface area (Å²) in [7, 11) is 1.73. The van der Waals surface area contributed by atoms with Crippen molar-refractivity contribution in [2.75, 3.05) is 13.1 Å². The van der Waals surface area contributed by atoms with Gasteiger partial charge in [0.2, 0.25) is 5.91 Å². The van der Waals surface area contributed by atoms with Crippen LogP contribution in [0.2, 0.25) is 0 Å². The molecule has 1 saturated heterocycles. The van der Waals surface area contributed by atoms with Gasteiger partial charge in [-0.2, -0.15) is 0 Å². The molecule has 3 unspecified atom stereocenters. The molecule has 2 aromatic carbocycles. The molecule has 6 nitrogen and oxygen atoms in total. The highest BCUT2D eigenvalue weighted by atomic mass is 79.9. The van der Waals surface area contributed by atoms with Crippen LogP contribution in [0.15, 0.2) is 64.0 Å². The lowest BCUT2D eigenvalue weighted by atomic mass is 9.80. The number of piperidine rings is 1. The van der Waals surface area contributed by atoms with Crippen molar-refractivity contribution in [3.63, 3.8) is 0 Å². The van der Waals surface area contributed by atoms with Crippen LogP contribution in [0.25, 0.3) is 0 Å². The van der Waals surface area contributed by atoms with Crippen molar-refractivity contribution in [1.29, 1.82) is 0 Å². The van der Waals surface area contributed by atoms with Crippen LogP contribution in [0.3, 0.4) is 0 Å². The highest BCUT2D eigenvalue weighted by molar-refractivity contribution is 9.10. The van der Waals surface area contributed by atoms with E-state index in [9.17, 15) is 19.1 Å². The number of aromatic nitrogens is 1. The maximum Gasteiger partial charge on any atom is 0.250 e. The first kappa shape index (κ1) is 26.8. The number of aryl methyl sites for hydroxylation is 1. The number of aliphatic hydroxyl groups is 1. The summed E-state index contributed by atoms with van der Waals surface area (Å²) >= 11 is 3.63. The van der Waals surface area contributed by atoms with Gasteiger partial charge in [-0.25, -0.2) is 4.39 Å². The van der Waals surface area contributed by atoms with E-state index >= 15 is 0 Å². The second kappa shape index (κ2) is 11.1. The zero-order valence-electron chi connectivity index (χ0n) is 21.7. The minimum absolute atomic E-state index is 0.0194. The zero-order chi connectivity index (χ0) is 27.0. The Hall–Kier alpha value is -2.81. The van der Waals surface area contributed by atoms with E-state index in [1.54, 1.807) is 36.0 Å². The highest BCUT2D eigenvalue weighted by Crippen LogP contribution is 2.37. The van der Waals surface area contributed by atoms with Gasteiger partial charge in [0.15, 0.2) is 0 Å². The van der Waals surface area contributed by atoms with Crippen LogP contribution in [0.1, 0.15) is 59.1 Å². The van der Waals surface area contributed by atoms with E-state index in [0.717, 1.165) is 47.0 Å². The van der Waals surface area contributed by atoms with E-state index < -0.39 is 11.9 Å². The molecule has 3 aromatic rings. The number of benzene rings is 2. The van der Waals surface area contributed by atoms with Crippen molar-refractivity contribution in [3.05, 3.63) is 103 Å². The van der Waals surface area contributed by atoms with Crippen LogP contribution in [0.4, 0.5) is 4.39 Å². The van der Waals surface area contributed by atoms with Crippen molar-refractivity contribution in [3.8, 4) is 0 Å². The molecule has 0 spiro atoms. The lowest BCUT2D eigenvalue weighted by Crippen LogP contribution is -2.47. The van der Waals surface area contributed by atoms with Crippen molar-refractivity contribution >= 4 is 21.8 Å². The SMILES string of the molecule is Cc1c(Br)cc(CN(C(=O)C2CNCCC2c2ccn(C)c(=O)c2)C2CC2)cc1C(O)c1cccc(F)c1. The van der Waals surface area contributed by atoms with E-state index in [1.807, 2.05) is 30.0 Å². The summed E-state index contributed by atoms with van der Waals surface area (Å²) in [6.45, 7) is 3.71. The maximum atomic E-state index is 14.0. The number of amides is 1. The third-order valence-corrected chi connectivity index (χ3v) is 8.71. The number of hydrogen-bond acceptors (Lipinski definition) is 4. The van der Waals surface area contributed by atoms with Gasteiger partial charge in [0.05, 0.1) is 5.92 Å². The number of nitrogens with one attached hydrogen (secondary N) is 1. The van der Waals surface area contributed by atoms with Gasteiger partial charge in [0, 0.05) is 42.9 Å². The monoisotopic (exact) mass is 581 g/mol. The average molecular weight is 583 g/mol. The van der Waals surface area contributed by atoms with E-state index in [0.29, 0.717) is 24.2 Å².